The third kappa shape index (κ3) is 2.91. The Morgan fingerprint density at radius 1 is 1.35 bits per heavy atom. The smallest absolute Gasteiger partial charge is 0.336 e. The molecule has 0 bridgehead atoms. The lowest BCUT2D eigenvalue weighted by Gasteiger charge is -2.13. The number of nitrogens with two attached hydrogens (primary N) is 1. The molecule has 20 heavy (non-hydrogen) atoms. The minimum atomic E-state index is -1.01. The van der Waals surface area contributed by atoms with Crippen LogP contribution >= 0.6 is 15.9 Å². The first-order chi connectivity index (χ1) is 9.38. The summed E-state index contributed by atoms with van der Waals surface area (Å²) in [5.41, 5.74) is 8.57. The second-order valence-electron chi connectivity index (χ2n) is 4.51. The van der Waals surface area contributed by atoms with E-state index in [0.717, 1.165) is 10.0 Å². The number of carboxylic acids is 1. The van der Waals surface area contributed by atoms with Crippen LogP contribution in [0, 0.1) is 13.8 Å². The number of pyridine rings is 1. The highest BCUT2D eigenvalue weighted by Crippen LogP contribution is 2.29. The topological polar surface area (TPSA) is 88.2 Å². The molecular formula is C14H14BrN3O2. The van der Waals surface area contributed by atoms with Crippen molar-refractivity contribution in [3.05, 3.63) is 45.6 Å². The number of hydrogen-bond acceptors (Lipinski definition) is 4. The predicted octanol–water partition coefficient (Wildman–Crippen LogP) is 3.48. The van der Waals surface area contributed by atoms with Gasteiger partial charge in [0, 0.05) is 17.6 Å². The molecule has 1 aromatic heterocycles. The van der Waals surface area contributed by atoms with Gasteiger partial charge in [0.05, 0.1) is 10.0 Å². The van der Waals surface area contributed by atoms with E-state index in [9.17, 15) is 4.79 Å². The van der Waals surface area contributed by atoms with Crippen LogP contribution in [0.1, 0.15) is 21.5 Å². The lowest BCUT2D eigenvalue weighted by atomic mass is 10.1. The number of aromatic carboxylic acids is 1. The van der Waals surface area contributed by atoms with Gasteiger partial charge in [-0.25, -0.2) is 9.78 Å². The third-order valence-electron chi connectivity index (χ3n) is 2.89. The standard InChI is InChI=1S/C14H14BrN3O2/c1-7-3-11(15)13(17-6-7)18-12-5-9(16)4-10(8(12)2)14(19)20/h3-6H,16H2,1-2H3,(H,17,18)(H,19,20). The van der Waals surface area contributed by atoms with Crippen LogP contribution in [0.25, 0.3) is 0 Å². The van der Waals surface area contributed by atoms with Gasteiger partial charge in [0.15, 0.2) is 0 Å². The van der Waals surface area contributed by atoms with Gasteiger partial charge in [-0.2, -0.15) is 0 Å². The Bertz CT molecular complexity index is 686. The van der Waals surface area contributed by atoms with Crippen molar-refractivity contribution < 1.29 is 9.90 Å². The van der Waals surface area contributed by atoms with Crippen molar-refractivity contribution in [3.8, 4) is 0 Å². The fourth-order valence-corrected chi connectivity index (χ4v) is 2.40. The predicted molar refractivity (Wildman–Crippen MR) is 82.5 cm³/mol. The average Bonchev–Trinajstić information content (AvgIpc) is 2.36. The molecule has 0 radical (unpaired) electrons. The van der Waals surface area contributed by atoms with Gasteiger partial charge >= 0.3 is 5.97 Å². The summed E-state index contributed by atoms with van der Waals surface area (Å²) in [6.45, 7) is 3.67. The molecule has 0 aliphatic carbocycles. The number of benzene rings is 1. The summed E-state index contributed by atoms with van der Waals surface area (Å²) >= 11 is 3.42. The number of rotatable bonds is 3. The highest BCUT2D eigenvalue weighted by Gasteiger charge is 2.13. The van der Waals surface area contributed by atoms with E-state index in [1.807, 2.05) is 13.0 Å². The SMILES string of the molecule is Cc1cnc(Nc2cc(N)cc(C(=O)O)c2C)c(Br)c1. The van der Waals surface area contributed by atoms with E-state index in [-0.39, 0.29) is 5.56 Å². The Morgan fingerprint density at radius 2 is 2.05 bits per heavy atom. The largest absolute Gasteiger partial charge is 0.478 e. The van der Waals surface area contributed by atoms with Gasteiger partial charge in [0.1, 0.15) is 5.82 Å². The highest BCUT2D eigenvalue weighted by molar-refractivity contribution is 9.10. The summed E-state index contributed by atoms with van der Waals surface area (Å²) in [6.07, 6.45) is 1.73. The Hall–Kier alpha value is -2.08. The first-order valence-electron chi connectivity index (χ1n) is 5.91. The Morgan fingerprint density at radius 3 is 2.65 bits per heavy atom. The van der Waals surface area contributed by atoms with Gasteiger partial charge in [-0.05, 0) is 59.1 Å². The Labute approximate surface area is 125 Å². The van der Waals surface area contributed by atoms with E-state index >= 15 is 0 Å². The molecule has 6 heteroatoms. The fraction of sp³-hybridized carbons (Fsp3) is 0.143. The van der Waals surface area contributed by atoms with Crippen molar-refractivity contribution in [3.63, 3.8) is 0 Å². The zero-order valence-corrected chi connectivity index (χ0v) is 12.7. The average molecular weight is 336 g/mol. The third-order valence-corrected chi connectivity index (χ3v) is 3.50. The molecule has 0 unspecified atom stereocenters. The molecule has 0 fully saturated rings. The van der Waals surface area contributed by atoms with Crippen molar-refractivity contribution in [2.24, 2.45) is 0 Å². The van der Waals surface area contributed by atoms with E-state index in [2.05, 4.69) is 26.2 Å². The molecule has 0 atom stereocenters. The number of anilines is 3. The number of carboxylic acid groups (broad SMARTS) is 1. The lowest BCUT2D eigenvalue weighted by molar-refractivity contribution is 0.0696. The van der Waals surface area contributed by atoms with Crippen LogP contribution in [-0.2, 0) is 0 Å². The number of nitrogen functional groups attached to an aromatic ring is 1. The quantitative estimate of drug-likeness (QED) is 0.747. The molecule has 0 saturated heterocycles. The summed E-state index contributed by atoms with van der Waals surface area (Å²) in [5.74, 6) is -0.394. The van der Waals surface area contributed by atoms with Crippen molar-refractivity contribution >= 4 is 39.1 Å². The van der Waals surface area contributed by atoms with Crippen molar-refractivity contribution in [1.29, 1.82) is 0 Å². The normalized spacial score (nSPS) is 10.3. The second-order valence-corrected chi connectivity index (χ2v) is 5.37. The zero-order chi connectivity index (χ0) is 14.9. The van der Waals surface area contributed by atoms with Crippen LogP contribution < -0.4 is 11.1 Å². The molecule has 2 rings (SSSR count). The molecule has 0 saturated carbocycles. The molecule has 1 heterocycles. The van der Waals surface area contributed by atoms with Gasteiger partial charge in [0.25, 0.3) is 0 Å². The molecule has 0 spiro atoms. The van der Waals surface area contributed by atoms with E-state index in [4.69, 9.17) is 10.8 Å². The maximum Gasteiger partial charge on any atom is 0.336 e. The van der Waals surface area contributed by atoms with Gasteiger partial charge in [-0.1, -0.05) is 0 Å². The minimum Gasteiger partial charge on any atom is -0.478 e. The fourth-order valence-electron chi connectivity index (χ4n) is 1.84. The van der Waals surface area contributed by atoms with Gasteiger partial charge in [-0.15, -0.1) is 0 Å². The lowest BCUT2D eigenvalue weighted by Crippen LogP contribution is -2.05. The Kier molecular flexibility index (Phi) is 3.94. The summed E-state index contributed by atoms with van der Waals surface area (Å²) in [6, 6.07) is 5.06. The van der Waals surface area contributed by atoms with Crippen molar-refractivity contribution in [2.45, 2.75) is 13.8 Å². The van der Waals surface area contributed by atoms with Crippen LogP contribution in [0.5, 0.6) is 0 Å². The van der Waals surface area contributed by atoms with Gasteiger partial charge in [-0.3, -0.25) is 0 Å². The number of nitrogens with one attached hydrogen (secondary N) is 1. The molecule has 1 aromatic carbocycles. The van der Waals surface area contributed by atoms with Crippen LogP contribution in [0.2, 0.25) is 0 Å². The Balaban J connectivity index is 2.45. The number of carbonyl (C=O) groups is 1. The maximum absolute atomic E-state index is 11.2. The molecule has 0 amide bonds. The summed E-state index contributed by atoms with van der Waals surface area (Å²) in [4.78, 5) is 15.5. The summed E-state index contributed by atoms with van der Waals surface area (Å²) in [5, 5.41) is 12.3. The number of halogens is 1. The van der Waals surface area contributed by atoms with Gasteiger partial charge < -0.3 is 16.2 Å². The van der Waals surface area contributed by atoms with Crippen molar-refractivity contribution in [1.82, 2.24) is 4.98 Å². The van der Waals surface area contributed by atoms with E-state index < -0.39 is 5.97 Å². The first-order valence-corrected chi connectivity index (χ1v) is 6.70. The van der Waals surface area contributed by atoms with Crippen LogP contribution in [0.3, 0.4) is 0 Å². The molecule has 5 nitrogen and oxygen atoms in total. The monoisotopic (exact) mass is 335 g/mol. The first kappa shape index (κ1) is 14.3. The van der Waals surface area contributed by atoms with E-state index in [1.54, 1.807) is 19.2 Å². The second kappa shape index (κ2) is 5.50. The van der Waals surface area contributed by atoms with Crippen LogP contribution in [-0.4, -0.2) is 16.1 Å². The molecule has 2 aromatic rings. The van der Waals surface area contributed by atoms with Gasteiger partial charge in [0.2, 0.25) is 0 Å². The zero-order valence-electron chi connectivity index (χ0n) is 11.1. The van der Waals surface area contributed by atoms with Crippen molar-refractivity contribution in [2.75, 3.05) is 11.1 Å². The molecule has 104 valence electrons. The van der Waals surface area contributed by atoms with Crippen LogP contribution in [0.4, 0.5) is 17.2 Å². The van der Waals surface area contributed by atoms with E-state index in [0.29, 0.717) is 22.8 Å². The molecule has 0 aliphatic rings. The number of aryl methyl sites for hydroxylation is 1. The number of hydrogen-bond donors (Lipinski definition) is 3. The number of nitrogens with zero attached hydrogens (tertiary/aromatic N) is 1. The summed E-state index contributed by atoms with van der Waals surface area (Å²) in [7, 11) is 0. The highest BCUT2D eigenvalue weighted by atomic mass is 79.9. The molecule has 0 aliphatic heterocycles. The maximum atomic E-state index is 11.2. The molecular weight excluding hydrogens is 322 g/mol. The summed E-state index contributed by atoms with van der Waals surface area (Å²) < 4.78 is 0.802. The number of aromatic nitrogens is 1. The molecule has 4 N–H and O–H groups in total. The van der Waals surface area contributed by atoms with Crippen LogP contribution in [0.15, 0.2) is 28.9 Å². The minimum absolute atomic E-state index is 0.177. The van der Waals surface area contributed by atoms with E-state index in [1.165, 1.54) is 6.07 Å².